The molecule has 0 radical (unpaired) electrons. The summed E-state index contributed by atoms with van der Waals surface area (Å²) in [4.78, 5) is 6.05. The summed E-state index contributed by atoms with van der Waals surface area (Å²) in [6.07, 6.45) is 6.29. The number of hydroxylamine groups is 1. The Bertz CT molecular complexity index is 461. The van der Waals surface area contributed by atoms with Crippen LogP contribution in [0.4, 0.5) is 0 Å². The fraction of sp³-hybridized carbons (Fsp3) is 0.308. The predicted octanol–water partition coefficient (Wildman–Crippen LogP) is 2.61. The van der Waals surface area contributed by atoms with Crippen LogP contribution in [0.3, 0.4) is 0 Å². The molecule has 0 spiro atoms. The van der Waals surface area contributed by atoms with Gasteiger partial charge in [-0.1, -0.05) is 23.7 Å². The van der Waals surface area contributed by atoms with E-state index >= 15 is 0 Å². The van der Waals surface area contributed by atoms with Crippen LogP contribution in [0.15, 0.2) is 41.5 Å². The lowest BCUT2D eigenvalue weighted by atomic mass is 9.99. The fourth-order valence-electron chi connectivity index (χ4n) is 1.99. The molecule has 1 unspecified atom stereocenters. The van der Waals surface area contributed by atoms with E-state index in [-0.39, 0.29) is 12.1 Å². The van der Waals surface area contributed by atoms with Crippen LogP contribution in [0.5, 0.6) is 0 Å². The van der Waals surface area contributed by atoms with Crippen LogP contribution in [-0.2, 0) is 0 Å². The second-order valence-electron chi connectivity index (χ2n) is 4.31. The van der Waals surface area contributed by atoms with Crippen molar-refractivity contribution in [2.45, 2.75) is 18.5 Å². The van der Waals surface area contributed by atoms with Gasteiger partial charge in [-0.2, -0.15) is 5.48 Å². The second kappa shape index (κ2) is 6.00. The van der Waals surface area contributed by atoms with Crippen molar-refractivity contribution in [3.63, 3.8) is 0 Å². The van der Waals surface area contributed by atoms with Gasteiger partial charge in [0, 0.05) is 18.3 Å². The number of aliphatic imine (C=N–C) groups is 1. The summed E-state index contributed by atoms with van der Waals surface area (Å²) in [5.41, 5.74) is 3.32. The molecule has 1 heterocycles. The predicted molar refractivity (Wildman–Crippen MR) is 72.9 cm³/mol. The molecule has 1 aliphatic rings. The molecule has 0 saturated heterocycles. The summed E-state index contributed by atoms with van der Waals surface area (Å²) in [5, 5.41) is 9.99. The Kier molecular flexibility index (Phi) is 4.36. The molecule has 0 fully saturated rings. The number of halogens is 1. The highest BCUT2D eigenvalue weighted by atomic mass is 35.5. The first kappa shape index (κ1) is 13.1. The van der Waals surface area contributed by atoms with E-state index in [1.807, 2.05) is 42.3 Å². The lowest BCUT2D eigenvalue weighted by molar-refractivity contribution is 0.114. The van der Waals surface area contributed by atoms with Crippen LogP contribution in [0.2, 0.25) is 5.02 Å². The number of hydrogen-bond acceptors (Lipinski definition) is 4. The molecule has 2 rings (SSSR count). The van der Waals surface area contributed by atoms with E-state index in [0.29, 0.717) is 5.02 Å². The summed E-state index contributed by atoms with van der Waals surface area (Å²) in [6.45, 7) is 0. The number of rotatable bonds is 4. The van der Waals surface area contributed by atoms with E-state index in [0.717, 1.165) is 12.0 Å². The minimum Gasteiger partial charge on any atom is -0.359 e. The summed E-state index contributed by atoms with van der Waals surface area (Å²) in [5.74, 6) is 0. The van der Waals surface area contributed by atoms with Crippen LogP contribution in [-0.4, -0.2) is 29.5 Å². The summed E-state index contributed by atoms with van der Waals surface area (Å²) in [7, 11) is 1.96. The average Bonchev–Trinajstić information content (AvgIpc) is 2.38. The summed E-state index contributed by atoms with van der Waals surface area (Å²) in [6, 6.07) is 7.54. The van der Waals surface area contributed by atoms with Crippen molar-refractivity contribution in [3.05, 3.63) is 47.1 Å². The molecule has 2 N–H and O–H groups in total. The van der Waals surface area contributed by atoms with Crippen molar-refractivity contribution in [2.75, 3.05) is 7.05 Å². The number of nitrogens with zero attached hydrogens (tertiary/aromatic N) is 2. The zero-order chi connectivity index (χ0) is 13.0. The smallest absolute Gasteiger partial charge is 0.0907 e. The Morgan fingerprint density at radius 2 is 2.39 bits per heavy atom. The number of hydrogen-bond donors (Lipinski definition) is 2. The summed E-state index contributed by atoms with van der Waals surface area (Å²) < 4.78 is 0. The van der Waals surface area contributed by atoms with Crippen molar-refractivity contribution in [1.29, 1.82) is 0 Å². The zero-order valence-electron chi connectivity index (χ0n) is 10.1. The molecule has 2 atom stereocenters. The molecular weight excluding hydrogens is 250 g/mol. The first-order chi connectivity index (χ1) is 8.70. The molecule has 4 nitrogen and oxygen atoms in total. The van der Waals surface area contributed by atoms with Gasteiger partial charge in [-0.25, -0.2) is 4.99 Å². The monoisotopic (exact) mass is 265 g/mol. The van der Waals surface area contributed by atoms with Gasteiger partial charge in [0.1, 0.15) is 0 Å². The van der Waals surface area contributed by atoms with Gasteiger partial charge in [-0.05, 0) is 30.2 Å². The van der Waals surface area contributed by atoms with E-state index in [2.05, 4.69) is 10.5 Å². The number of nitrogens with one attached hydrogen (secondary N) is 1. The Morgan fingerprint density at radius 1 is 1.56 bits per heavy atom. The third kappa shape index (κ3) is 3.10. The lowest BCUT2D eigenvalue weighted by Crippen LogP contribution is -2.34. The maximum Gasteiger partial charge on any atom is 0.0907 e. The highest BCUT2D eigenvalue weighted by Gasteiger charge is 2.19. The number of likely N-dealkylation sites (N-methyl/N-ethyl adjacent to an activating group) is 1. The maximum atomic E-state index is 9.32. The molecule has 96 valence electrons. The molecule has 0 saturated carbocycles. The van der Waals surface area contributed by atoms with Gasteiger partial charge >= 0.3 is 0 Å². The molecule has 1 aromatic carbocycles. The quantitative estimate of drug-likeness (QED) is 0.823. The minimum atomic E-state index is -0.160. The van der Waals surface area contributed by atoms with Crippen molar-refractivity contribution in [2.24, 2.45) is 4.99 Å². The topological polar surface area (TPSA) is 47.9 Å². The van der Waals surface area contributed by atoms with E-state index in [1.54, 1.807) is 12.5 Å². The van der Waals surface area contributed by atoms with Gasteiger partial charge in [0.2, 0.25) is 0 Å². The molecule has 1 aromatic rings. The largest absolute Gasteiger partial charge is 0.359 e. The molecule has 18 heavy (non-hydrogen) atoms. The van der Waals surface area contributed by atoms with Crippen LogP contribution in [0.1, 0.15) is 18.0 Å². The molecular formula is C13H16ClN3O. The van der Waals surface area contributed by atoms with E-state index < -0.39 is 0 Å². The molecule has 1 aliphatic heterocycles. The average molecular weight is 266 g/mol. The normalized spacial score (nSPS) is 20.2. The fourth-order valence-corrected chi connectivity index (χ4v) is 2.19. The van der Waals surface area contributed by atoms with Crippen LogP contribution < -0.4 is 5.48 Å². The van der Waals surface area contributed by atoms with Crippen molar-refractivity contribution < 1.29 is 5.21 Å². The van der Waals surface area contributed by atoms with E-state index in [9.17, 15) is 5.21 Å². The maximum absolute atomic E-state index is 9.32. The summed E-state index contributed by atoms with van der Waals surface area (Å²) >= 11 is 5.96. The Balaban J connectivity index is 2.10. The van der Waals surface area contributed by atoms with Gasteiger partial charge in [0.05, 0.1) is 18.4 Å². The van der Waals surface area contributed by atoms with E-state index in [1.165, 1.54) is 0 Å². The third-order valence-corrected chi connectivity index (χ3v) is 3.29. The lowest BCUT2D eigenvalue weighted by Gasteiger charge is -2.28. The second-order valence-corrected chi connectivity index (χ2v) is 4.75. The van der Waals surface area contributed by atoms with E-state index in [4.69, 9.17) is 11.6 Å². The van der Waals surface area contributed by atoms with Gasteiger partial charge in [-0.15, -0.1) is 0 Å². The van der Waals surface area contributed by atoms with Crippen molar-refractivity contribution in [1.82, 2.24) is 10.4 Å². The Labute approximate surface area is 112 Å². The molecule has 0 aromatic heterocycles. The van der Waals surface area contributed by atoms with Crippen molar-refractivity contribution >= 4 is 17.9 Å². The molecule has 0 bridgehead atoms. The van der Waals surface area contributed by atoms with Gasteiger partial charge < -0.3 is 10.1 Å². The first-order valence-electron chi connectivity index (χ1n) is 5.77. The standard InChI is InChI=1S/C13H16ClN3O/c1-17-9-15-6-5-12(17)8-13(16-18)10-3-2-4-11(14)7-10/h2-7,9,12-13,16,18H,8H2,1H3/t12-,13?/m1/s1. The Morgan fingerprint density at radius 3 is 3.06 bits per heavy atom. The van der Waals surface area contributed by atoms with Crippen LogP contribution in [0, 0.1) is 0 Å². The SMILES string of the molecule is CN1C=NC=C[C@@H]1CC(NO)c1cccc(Cl)c1. The van der Waals surface area contributed by atoms with Crippen molar-refractivity contribution in [3.8, 4) is 0 Å². The highest BCUT2D eigenvalue weighted by Crippen LogP contribution is 2.23. The van der Waals surface area contributed by atoms with Gasteiger partial charge in [0.25, 0.3) is 0 Å². The van der Waals surface area contributed by atoms with Gasteiger partial charge in [-0.3, -0.25) is 0 Å². The first-order valence-corrected chi connectivity index (χ1v) is 6.15. The van der Waals surface area contributed by atoms with Gasteiger partial charge in [0.15, 0.2) is 0 Å². The minimum absolute atomic E-state index is 0.160. The van der Waals surface area contributed by atoms with Crippen LogP contribution in [0.25, 0.3) is 0 Å². The molecule has 5 heteroatoms. The third-order valence-electron chi connectivity index (χ3n) is 3.05. The molecule has 0 aliphatic carbocycles. The number of benzene rings is 1. The molecule has 0 amide bonds. The highest BCUT2D eigenvalue weighted by molar-refractivity contribution is 6.30. The zero-order valence-corrected chi connectivity index (χ0v) is 10.9. The Hall–Kier alpha value is -1.36. The van der Waals surface area contributed by atoms with Crippen LogP contribution >= 0.6 is 11.6 Å².